The molecule has 2 aromatic heterocycles. The van der Waals surface area contributed by atoms with E-state index in [1.165, 1.54) is 7.11 Å². The highest BCUT2D eigenvalue weighted by Gasteiger charge is 2.21. The first kappa shape index (κ1) is 16.1. The van der Waals surface area contributed by atoms with Crippen molar-refractivity contribution < 1.29 is 9.53 Å². The third kappa shape index (κ3) is 3.96. The quantitative estimate of drug-likeness (QED) is 0.873. The van der Waals surface area contributed by atoms with Gasteiger partial charge in [-0.1, -0.05) is 6.07 Å². The summed E-state index contributed by atoms with van der Waals surface area (Å²) in [4.78, 5) is 19.9. The Balaban J connectivity index is 1.56. The maximum Gasteiger partial charge on any atom is 0.248 e. The fourth-order valence-corrected chi connectivity index (χ4v) is 2.53. The van der Waals surface area contributed by atoms with Crippen LogP contribution in [0.3, 0.4) is 0 Å². The zero-order valence-corrected chi connectivity index (χ0v) is 13.6. The normalized spacial score (nSPS) is 14.5. The van der Waals surface area contributed by atoms with E-state index in [-0.39, 0.29) is 12.5 Å². The van der Waals surface area contributed by atoms with Crippen LogP contribution < -0.4 is 10.2 Å². The average Bonchev–Trinajstić information content (AvgIpc) is 2.64. The number of hydrogen-bond donors (Lipinski definition) is 1. The molecule has 1 fully saturated rings. The molecular weight excluding hydrogens is 308 g/mol. The summed E-state index contributed by atoms with van der Waals surface area (Å²) in [7, 11) is 1.53. The van der Waals surface area contributed by atoms with E-state index in [0.717, 1.165) is 24.7 Å². The number of rotatable bonds is 5. The monoisotopic (exact) mass is 328 g/mol. The number of ether oxygens (including phenoxy) is 1. The Morgan fingerprint density at radius 2 is 1.96 bits per heavy atom. The lowest BCUT2D eigenvalue weighted by molar-refractivity contribution is -0.135. The molecule has 0 aliphatic carbocycles. The molecule has 24 heavy (non-hydrogen) atoms. The van der Waals surface area contributed by atoms with E-state index in [9.17, 15) is 4.79 Å². The van der Waals surface area contributed by atoms with Gasteiger partial charge in [-0.2, -0.15) is 0 Å². The van der Waals surface area contributed by atoms with E-state index in [1.807, 2.05) is 35.2 Å². The lowest BCUT2D eigenvalue weighted by Gasteiger charge is -2.35. The molecule has 1 aliphatic heterocycles. The standard InChI is InChI=1S/C16H20N6O2/c1-24-12-16(23)22-10-8-21(9-11-22)15-6-5-14(19-20-15)18-13-4-2-3-7-17-13/h2-7H,8-12H2,1H3,(H,17,18,19). The topological polar surface area (TPSA) is 83.5 Å². The summed E-state index contributed by atoms with van der Waals surface area (Å²) in [6, 6.07) is 9.43. The fourth-order valence-electron chi connectivity index (χ4n) is 2.53. The number of carbonyl (C=O) groups is 1. The van der Waals surface area contributed by atoms with E-state index in [2.05, 4.69) is 25.4 Å². The summed E-state index contributed by atoms with van der Waals surface area (Å²) in [6.45, 7) is 2.93. The molecule has 1 amide bonds. The predicted octanol–water partition coefficient (Wildman–Crippen LogP) is 0.910. The van der Waals surface area contributed by atoms with Gasteiger partial charge in [-0.05, 0) is 24.3 Å². The molecule has 8 heteroatoms. The van der Waals surface area contributed by atoms with Crippen molar-refractivity contribution in [2.45, 2.75) is 0 Å². The molecule has 0 spiro atoms. The van der Waals surface area contributed by atoms with Crippen LogP contribution in [0.15, 0.2) is 36.5 Å². The maximum atomic E-state index is 11.8. The van der Waals surface area contributed by atoms with E-state index < -0.39 is 0 Å². The number of methoxy groups -OCH3 is 1. The zero-order chi connectivity index (χ0) is 16.8. The third-order valence-corrected chi connectivity index (χ3v) is 3.80. The van der Waals surface area contributed by atoms with Crippen molar-refractivity contribution in [1.82, 2.24) is 20.1 Å². The first-order valence-corrected chi connectivity index (χ1v) is 7.80. The maximum absolute atomic E-state index is 11.8. The van der Waals surface area contributed by atoms with Gasteiger partial charge in [-0.15, -0.1) is 10.2 Å². The third-order valence-electron chi connectivity index (χ3n) is 3.80. The van der Waals surface area contributed by atoms with Crippen LogP contribution in [0.1, 0.15) is 0 Å². The van der Waals surface area contributed by atoms with Gasteiger partial charge in [0.05, 0.1) is 0 Å². The Hall–Kier alpha value is -2.74. The summed E-state index contributed by atoms with van der Waals surface area (Å²) in [6.07, 6.45) is 1.72. The Labute approximate surface area is 140 Å². The SMILES string of the molecule is COCC(=O)N1CCN(c2ccc(Nc3ccccn3)nn2)CC1. The van der Waals surface area contributed by atoms with Gasteiger partial charge in [0.1, 0.15) is 12.4 Å². The summed E-state index contributed by atoms with van der Waals surface area (Å²) in [5.41, 5.74) is 0. The smallest absolute Gasteiger partial charge is 0.248 e. The van der Waals surface area contributed by atoms with Gasteiger partial charge in [-0.25, -0.2) is 4.98 Å². The molecule has 0 aromatic carbocycles. The van der Waals surface area contributed by atoms with Gasteiger partial charge in [0, 0.05) is 39.5 Å². The van der Waals surface area contributed by atoms with E-state index in [0.29, 0.717) is 18.9 Å². The number of hydrogen-bond acceptors (Lipinski definition) is 7. The fraction of sp³-hybridized carbons (Fsp3) is 0.375. The number of piperazine rings is 1. The minimum Gasteiger partial charge on any atom is -0.375 e. The van der Waals surface area contributed by atoms with Crippen molar-refractivity contribution in [1.29, 1.82) is 0 Å². The zero-order valence-electron chi connectivity index (χ0n) is 13.6. The van der Waals surface area contributed by atoms with Gasteiger partial charge in [0.15, 0.2) is 11.6 Å². The Morgan fingerprint density at radius 3 is 2.58 bits per heavy atom. The molecule has 126 valence electrons. The first-order chi connectivity index (χ1) is 11.8. The van der Waals surface area contributed by atoms with Crippen LogP contribution in [0.5, 0.6) is 0 Å². The summed E-state index contributed by atoms with van der Waals surface area (Å²) in [5, 5.41) is 11.6. The van der Waals surface area contributed by atoms with Gasteiger partial charge in [0.2, 0.25) is 5.91 Å². The molecule has 0 bridgehead atoms. The molecule has 3 heterocycles. The molecule has 1 aliphatic rings. The van der Waals surface area contributed by atoms with Crippen molar-refractivity contribution >= 4 is 23.4 Å². The average molecular weight is 328 g/mol. The number of nitrogens with zero attached hydrogens (tertiary/aromatic N) is 5. The lowest BCUT2D eigenvalue weighted by atomic mass is 10.3. The van der Waals surface area contributed by atoms with Crippen molar-refractivity contribution in [3.05, 3.63) is 36.5 Å². The van der Waals surface area contributed by atoms with E-state index in [4.69, 9.17) is 4.74 Å². The molecule has 0 saturated carbocycles. The van der Waals surface area contributed by atoms with E-state index >= 15 is 0 Å². The first-order valence-electron chi connectivity index (χ1n) is 7.80. The molecule has 1 N–H and O–H groups in total. The summed E-state index contributed by atoms with van der Waals surface area (Å²) < 4.78 is 4.89. The van der Waals surface area contributed by atoms with Crippen molar-refractivity contribution in [3.8, 4) is 0 Å². The minimum absolute atomic E-state index is 0.0261. The molecule has 0 unspecified atom stereocenters. The van der Waals surface area contributed by atoms with Crippen LogP contribution in [0.2, 0.25) is 0 Å². The van der Waals surface area contributed by atoms with Gasteiger partial charge < -0.3 is 19.9 Å². The van der Waals surface area contributed by atoms with Crippen LogP contribution in [0.25, 0.3) is 0 Å². The van der Waals surface area contributed by atoms with Crippen LogP contribution in [-0.4, -0.2) is 65.9 Å². The molecule has 0 radical (unpaired) electrons. The second-order valence-corrected chi connectivity index (χ2v) is 5.42. The highest BCUT2D eigenvalue weighted by molar-refractivity contribution is 5.77. The predicted molar refractivity (Wildman–Crippen MR) is 90.2 cm³/mol. The molecular formula is C16H20N6O2. The second-order valence-electron chi connectivity index (χ2n) is 5.42. The summed E-state index contributed by atoms with van der Waals surface area (Å²) in [5.74, 6) is 2.20. The second kappa shape index (κ2) is 7.69. The molecule has 0 atom stereocenters. The van der Waals surface area contributed by atoms with E-state index in [1.54, 1.807) is 6.20 Å². The van der Waals surface area contributed by atoms with Gasteiger partial charge in [0.25, 0.3) is 0 Å². The van der Waals surface area contributed by atoms with Crippen molar-refractivity contribution in [3.63, 3.8) is 0 Å². The minimum atomic E-state index is 0.0261. The molecule has 1 saturated heterocycles. The number of aromatic nitrogens is 3. The number of amides is 1. The van der Waals surface area contributed by atoms with Gasteiger partial charge >= 0.3 is 0 Å². The Kier molecular flexibility index (Phi) is 5.17. The molecule has 8 nitrogen and oxygen atoms in total. The van der Waals surface area contributed by atoms with Crippen LogP contribution >= 0.6 is 0 Å². The lowest BCUT2D eigenvalue weighted by Crippen LogP contribution is -2.50. The largest absolute Gasteiger partial charge is 0.375 e. The Bertz CT molecular complexity index is 656. The number of anilines is 3. The van der Waals surface area contributed by atoms with Gasteiger partial charge in [-0.3, -0.25) is 4.79 Å². The number of carbonyl (C=O) groups excluding carboxylic acids is 1. The number of nitrogens with one attached hydrogen (secondary N) is 1. The Morgan fingerprint density at radius 1 is 1.12 bits per heavy atom. The van der Waals surface area contributed by atoms with Crippen LogP contribution in [0.4, 0.5) is 17.5 Å². The molecule has 2 aromatic rings. The highest BCUT2D eigenvalue weighted by atomic mass is 16.5. The van der Waals surface area contributed by atoms with Crippen molar-refractivity contribution in [2.24, 2.45) is 0 Å². The number of pyridine rings is 1. The molecule has 3 rings (SSSR count). The van der Waals surface area contributed by atoms with Crippen LogP contribution in [-0.2, 0) is 9.53 Å². The van der Waals surface area contributed by atoms with Crippen LogP contribution in [0, 0.1) is 0 Å². The highest BCUT2D eigenvalue weighted by Crippen LogP contribution is 2.16. The van der Waals surface area contributed by atoms with Crippen molar-refractivity contribution in [2.75, 3.05) is 50.1 Å². The summed E-state index contributed by atoms with van der Waals surface area (Å²) >= 11 is 0.